The molecule has 0 bridgehead atoms. The molecule has 156 valence electrons. The number of aliphatic hydroxyl groups excluding tert-OH is 1. The number of H-pyrrole nitrogens is 1. The highest BCUT2D eigenvalue weighted by atomic mass is 32.1. The first-order valence-corrected chi connectivity index (χ1v) is 11.2. The predicted molar refractivity (Wildman–Crippen MR) is 127 cm³/mol. The Morgan fingerprint density at radius 3 is 2.94 bits per heavy atom. The number of hydrogen-bond acceptors (Lipinski definition) is 6. The summed E-state index contributed by atoms with van der Waals surface area (Å²) in [7, 11) is 0. The molecule has 1 aromatic carbocycles. The van der Waals surface area contributed by atoms with Gasteiger partial charge in [-0.25, -0.2) is 4.98 Å². The van der Waals surface area contributed by atoms with Crippen molar-refractivity contribution in [3.63, 3.8) is 0 Å². The van der Waals surface area contributed by atoms with Gasteiger partial charge in [0.1, 0.15) is 17.1 Å². The molecule has 1 aliphatic heterocycles. The van der Waals surface area contributed by atoms with Gasteiger partial charge in [0, 0.05) is 52.3 Å². The van der Waals surface area contributed by atoms with Crippen molar-refractivity contribution < 1.29 is 5.11 Å². The third kappa shape index (κ3) is 3.70. The molecule has 0 spiro atoms. The largest absolute Gasteiger partial charge is 0.375 e. The highest BCUT2D eigenvalue weighted by molar-refractivity contribution is 7.19. The molecule has 5 rings (SSSR count). The van der Waals surface area contributed by atoms with E-state index in [9.17, 15) is 10.4 Å². The number of aryl methyl sites for hydroxylation is 1. The summed E-state index contributed by atoms with van der Waals surface area (Å²) in [6.07, 6.45) is 9.04. The summed E-state index contributed by atoms with van der Waals surface area (Å²) in [5.74, 6) is 0. The van der Waals surface area contributed by atoms with Gasteiger partial charge >= 0.3 is 0 Å². The number of benzene rings is 1. The third-order valence-electron chi connectivity index (χ3n) is 5.91. The summed E-state index contributed by atoms with van der Waals surface area (Å²) in [4.78, 5) is 11.6. The number of aliphatic hydroxyl groups is 1. The van der Waals surface area contributed by atoms with Gasteiger partial charge in [-0.3, -0.25) is 4.90 Å². The average Bonchev–Trinajstić information content (AvgIpc) is 3.54. The number of hydrogen-bond donors (Lipinski definition) is 3. The first-order chi connectivity index (χ1) is 15.1. The fraction of sp³-hybridized carbons (Fsp3) is 0.250. The SMILES string of the molecule is Cc1c(Nc2c(C#N)cnc3sc(/C=C/C(O)N4CCCC4)cc23)ccc2[nH]ccc12. The number of rotatable bonds is 5. The fourth-order valence-electron chi connectivity index (χ4n) is 4.17. The van der Waals surface area contributed by atoms with Gasteiger partial charge in [0.2, 0.25) is 0 Å². The standard InChI is InChI=1S/C24H23N5OS/c1-15-18-8-9-26-21(18)6-5-20(15)28-23-16(13-25)14-27-24-19(23)12-17(31-24)4-7-22(30)29-10-2-3-11-29/h4-9,12,14,22,26,30H,2-3,10-11H2,1H3,(H,27,28)/b7-4+. The Labute approximate surface area is 184 Å². The maximum Gasteiger partial charge on any atom is 0.126 e. The summed E-state index contributed by atoms with van der Waals surface area (Å²) in [5, 5.41) is 25.6. The molecule has 0 saturated carbocycles. The number of nitrogens with one attached hydrogen (secondary N) is 2. The van der Waals surface area contributed by atoms with Crippen LogP contribution in [0.3, 0.4) is 0 Å². The summed E-state index contributed by atoms with van der Waals surface area (Å²) in [5.41, 5.74) is 4.44. The molecule has 4 aromatic rings. The highest BCUT2D eigenvalue weighted by Gasteiger charge is 2.18. The zero-order chi connectivity index (χ0) is 21.4. The Bertz CT molecular complexity index is 1320. The van der Waals surface area contributed by atoms with Crippen LogP contribution in [0.2, 0.25) is 0 Å². The molecule has 7 heteroatoms. The van der Waals surface area contributed by atoms with Gasteiger partial charge in [-0.15, -0.1) is 11.3 Å². The van der Waals surface area contributed by atoms with Crippen molar-refractivity contribution in [2.75, 3.05) is 18.4 Å². The maximum atomic E-state index is 10.4. The molecule has 3 aromatic heterocycles. The zero-order valence-electron chi connectivity index (χ0n) is 17.2. The van der Waals surface area contributed by atoms with Crippen molar-refractivity contribution in [2.45, 2.75) is 26.0 Å². The van der Waals surface area contributed by atoms with Crippen LogP contribution in [0.1, 0.15) is 28.8 Å². The van der Waals surface area contributed by atoms with Crippen molar-refractivity contribution in [2.24, 2.45) is 0 Å². The van der Waals surface area contributed by atoms with E-state index in [2.05, 4.69) is 39.2 Å². The zero-order valence-corrected chi connectivity index (χ0v) is 18.0. The van der Waals surface area contributed by atoms with E-state index in [-0.39, 0.29) is 0 Å². The number of pyridine rings is 1. The van der Waals surface area contributed by atoms with E-state index in [1.165, 1.54) is 0 Å². The van der Waals surface area contributed by atoms with Gasteiger partial charge < -0.3 is 15.4 Å². The minimum atomic E-state index is -0.566. The molecule has 0 radical (unpaired) electrons. The lowest BCUT2D eigenvalue weighted by molar-refractivity contribution is 0.0620. The number of aromatic nitrogens is 2. The second kappa shape index (κ2) is 8.16. The monoisotopic (exact) mass is 429 g/mol. The van der Waals surface area contributed by atoms with Gasteiger partial charge in [0.05, 0.1) is 11.3 Å². The molecule has 1 fully saturated rings. The number of nitrogens with zero attached hydrogens (tertiary/aromatic N) is 3. The molecular formula is C24H23N5OS. The molecule has 1 unspecified atom stereocenters. The molecular weight excluding hydrogens is 406 g/mol. The van der Waals surface area contributed by atoms with E-state index >= 15 is 0 Å². The number of nitriles is 1. The molecule has 1 atom stereocenters. The van der Waals surface area contributed by atoms with E-state index in [0.717, 1.165) is 68.9 Å². The molecule has 4 heterocycles. The first kappa shape index (κ1) is 19.8. The van der Waals surface area contributed by atoms with Crippen molar-refractivity contribution in [3.8, 4) is 6.07 Å². The van der Waals surface area contributed by atoms with Crippen LogP contribution in [0.4, 0.5) is 11.4 Å². The van der Waals surface area contributed by atoms with E-state index in [0.29, 0.717) is 5.56 Å². The molecule has 1 saturated heterocycles. The van der Waals surface area contributed by atoms with Crippen LogP contribution in [0, 0.1) is 18.3 Å². The van der Waals surface area contributed by atoms with Gasteiger partial charge in [0.25, 0.3) is 0 Å². The van der Waals surface area contributed by atoms with Gasteiger partial charge in [-0.1, -0.05) is 0 Å². The summed E-state index contributed by atoms with van der Waals surface area (Å²) >= 11 is 1.55. The van der Waals surface area contributed by atoms with Gasteiger partial charge in [-0.2, -0.15) is 5.26 Å². The van der Waals surface area contributed by atoms with Crippen molar-refractivity contribution >= 4 is 49.9 Å². The lowest BCUT2D eigenvalue weighted by atomic mass is 10.1. The van der Waals surface area contributed by atoms with E-state index in [1.807, 2.05) is 36.5 Å². The molecule has 6 nitrogen and oxygen atoms in total. The van der Waals surface area contributed by atoms with Crippen LogP contribution in [-0.2, 0) is 0 Å². The number of aromatic amines is 1. The Balaban J connectivity index is 1.50. The smallest absolute Gasteiger partial charge is 0.126 e. The molecule has 1 aliphatic rings. The maximum absolute atomic E-state index is 10.4. The molecule has 31 heavy (non-hydrogen) atoms. The molecule has 0 amide bonds. The fourth-order valence-corrected chi connectivity index (χ4v) is 5.10. The number of likely N-dealkylation sites (tertiary alicyclic amines) is 1. The van der Waals surface area contributed by atoms with Crippen LogP contribution in [-0.4, -0.2) is 39.3 Å². The highest BCUT2D eigenvalue weighted by Crippen LogP contribution is 2.36. The van der Waals surface area contributed by atoms with Crippen molar-refractivity contribution in [3.05, 3.63) is 58.7 Å². The van der Waals surface area contributed by atoms with Gasteiger partial charge in [0.15, 0.2) is 0 Å². The Hall–Kier alpha value is -3.18. The lowest BCUT2D eigenvalue weighted by Gasteiger charge is -2.18. The van der Waals surface area contributed by atoms with Crippen LogP contribution >= 0.6 is 11.3 Å². The Morgan fingerprint density at radius 2 is 2.13 bits per heavy atom. The van der Waals surface area contributed by atoms with E-state index in [1.54, 1.807) is 17.5 Å². The molecule has 0 aliphatic carbocycles. The predicted octanol–water partition coefficient (Wildman–Crippen LogP) is 5.13. The second-order valence-electron chi connectivity index (χ2n) is 7.84. The van der Waals surface area contributed by atoms with Crippen molar-refractivity contribution in [1.29, 1.82) is 5.26 Å². The van der Waals surface area contributed by atoms with Gasteiger partial charge in [-0.05, 0) is 61.7 Å². The summed E-state index contributed by atoms with van der Waals surface area (Å²) in [6, 6.07) is 10.4. The second-order valence-corrected chi connectivity index (χ2v) is 8.91. The Kier molecular flexibility index (Phi) is 5.20. The number of anilines is 2. The summed E-state index contributed by atoms with van der Waals surface area (Å²) < 4.78 is 0. The minimum Gasteiger partial charge on any atom is -0.375 e. The number of thiophene rings is 1. The van der Waals surface area contributed by atoms with Crippen LogP contribution < -0.4 is 5.32 Å². The third-order valence-corrected chi connectivity index (χ3v) is 6.92. The topological polar surface area (TPSA) is 88.0 Å². The van der Waals surface area contributed by atoms with Crippen LogP contribution in [0.5, 0.6) is 0 Å². The van der Waals surface area contributed by atoms with E-state index < -0.39 is 6.23 Å². The quantitative estimate of drug-likeness (QED) is 0.409. The van der Waals surface area contributed by atoms with E-state index in [4.69, 9.17) is 0 Å². The lowest BCUT2D eigenvalue weighted by Crippen LogP contribution is -2.30. The van der Waals surface area contributed by atoms with Crippen molar-refractivity contribution in [1.82, 2.24) is 14.9 Å². The number of fused-ring (bicyclic) bond motifs is 2. The average molecular weight is 430 g/mol. The normalized spacial score (nSPS) is 15.8. The first-order valence-electron chi connectivity index (χ1n) is 10.4. The van der Waals surface area contributed by atoms with Crippen LogP contribution in [0.15, 0.2) is 42.7 Å². The Morgan fingerprint density at radius 1 is 1.29 bits per heavy atom. The van der Waals surface area contributed by atoms with Crippen LogP contribution in [0.25, 0.3) is 27.2 Å². The minimum absolute atomic E-state index is 0.506. The molecule has 3 N–H and O–H groups in total. The summed E-state index contributed by atoms with van der Waals surface area (Å²) in [6.45, 7) is 3.94.